The summed E-state index contributed by atoms with van der Waals surface area (Å²) in [6, 6.07) is 8.29. The lowest BCUT2D eigenvalue weighted by Gasteiger charge is -2.00. The van der Waals surface area contributed by atoms with Crippen LogP contribution in [-0.2, 0) is 6.42 Å². The van der Waals surface area contributed by atoms with Gasteiger partial charge in [0.25, 0.3) is 0 Å². The van der Waals surface area contributed by atoms with E-state index < -0.39 is 0 Å². The normalized spacial score (nSPS) is 9.54. The molecule has 0 saturated carbocycles. The zero-order valence-electron chi connectivity index (χ0n) is 8.22. The summed E-state index contributed by atoms with van der Waals surface area (Å²) in [5, 5.41) is 0. The molecule has 0 nitrogen and oxygen atoms in total. The van der Waals surface area contributed by atoms with E-state index in [1.807, 2.05) is 12.1 Å². The number of rotatable bonds is 4. The van der Waals surface area contributed by atoms with Gasteiger partial charge in [0.1, 0.15) is 0 Å². The molecule has 1 aromatic rings. The van der Waals surface area contributed by atoms with E-state index in [2.05, 4.69) is 25.0 Å². The van der Waals surface area contributed by atoms with Crippen molar-refractivity contribution >= 4 is 0 Å². The smallest absolute Gasteiger partial charge is 0.0242 e. The number of aryl methyl sites for hydroxylation is 1. The van der Waals surface area contributed by atoms with Crippen molar-refractivity contribution in [2.24, 2.45) is 0 Å². The number of hydrogen-bond acceptors (Lipinski definition) is 0. The predicted octanol–water partition coefficient (Wildman–Crippen LogP) is 3.40. The minimum atomic E-state index is 0.972. The maximum atomic E-state index is 5.27. The van der Waals surface area contributed by atoms with Gasteiger partial charge in [0.05, 0.1) is 0 Å². The molecule has 0 atom stereocenters. The van der Waals surface area contributed by atoms with Gasteiger partial charge in [-0.25, -0.2) is 0 Å². The van der Waals surface area contributed by atoms with Crippen LogP contribution in [0.5, 0.6) is 0 Å². The molecule has 1 aromatic carbocycles. The number of terminal acetylenes is 1. The van der Waals surface area contributed by atoms with Gasteiger partial charge in [0, 0.05) is 5.56 Å². The van der Waals surface area contributed by atoms with Gasteiger partial charge in [-0.2, -0.15) is 0 Å². The molecule has 0 aliphatic rings. The molecule has 0 N–H and O–H groups in total. The maximum Gasteiger partial charge on any atom is 0.0242 e. The van der Waals surface area contributed by atoms with Crippen LogP contribution in [0.1, 0.15) is 37.3 Å². The fourth-order valence-electron chi connectivity index (χ4n) is 1.35. The first-order valence-electron chi connectivity index (χ1n) is 4.92. The number of hydrogen-bond donors (Lipinski definition) is 0. The van der Waals surface area contributed by atoms with Crippen molar-refractivity contribution in [3.05, 3.63) is 35.4 Å². The molecule has 0 heteroatoms. The van der Waals surface area contributed by atoms with E-state index in [4.69, 9.17) is 6.42 Å². The Morgan fingerprint density at radius 2 is 1.85 bits per heavy atom. The molecular weight excluding hydrogens is 156 g/mol. The monoisotopic (exact) mass is 172 g/mol. The van der Waals surface area contributed by atoms with Crippen LogP contribution in [-0.4, -0.2) is 0 Å². The molecule has 0 spiro atoms. The summed E-state index contributed by atoms with van der Waals surface area (Å²) in [5.74, 6) is 2.62. The third-order valence-electron chi connectivity index (χ3n) is 2.19. The van der Waals surface area contributed by atoms with E-state index in [1.165, 1.54) is 31.2 Å². The van der Waals surface area contributed by atoms with Gasteiger partial charge >= 0.3 is 0 Å². The van der Waals surface area contributed by atoms with Gasteiger partial charge < -0.3 is 0 Å². The molecule has 0 amide bonds. The fraction of sp³-hybridized carbons (Fsp3) is 0.385. The summed E-state index contributed by atoms with van der Waals surface area (Å²) < 4.78 is 0. The second-order valence-electron chi connectivity index (χ2n) is 3.30. The first-order valence-corrected chi connectivity index (χ1v) is 4.92. The zero-order chi connectivity index (χ0) is 9.52. The molecule has 0 saturated heterocycles. The summed E-state index contributed by atoms with van der Waals surface area (Å²) >= 11 is 0. The summed E-state index contributed by atoms with van der Waals surface area (Å²) in [6.07, 6.45) is 10.3. The highest BCUT2D eigenvalue weighted by Gasteiger charge is 1.92. The number of benzene rings is 1. The average molecular weight is 172 g/mol. The molecule has 0 fully saturated rings. The van der Waals surface area contributed by atoms with Gasteiger partial charge in [-0.15, -0.1) is 6.42 Å². The summed E-state index contributed by atoms with van der Waals surface area (Å²) in [4.78, 5) is 0. The Hall–Kier alpha value is -1.22. The van der Waals surface area contributed by atoms with E-state index in [0.29, 0.717) is 0 Å². The molecule has 0 aliphatic heterocycles. The third-order valence-corrected chi connectivity index (χ3v) is 2.19. The van der Waals surface area contributed by atoms with Crippen LogP contribution in [0.3, 0.4) is 0 Å². The Morgan fingerprint density at radius 3 is 2.38 bits per heavy atom. The van der Waals surface area contributed by atoms with Gasteiger partial charge in [0.2, 0.25) is 0 Å². The van der Waals surface area contributed by atoms with Gasteiger partial charge in [-0.05, 0) is 30.5 Å². The topological polar surface area (TPSA) is 0 Å². The van der Waals surface area contributed by atoms with Crippen LogP contribution in [0.25, 0.3) is 0 Å². The highest BCUT2D eigenvalue weighted by atomic mass is 14.0. The summed E-state index contributed by atoms with van der Waals surface area (Å²) in [7, 11) is 0. The van der Waals surface area contributed by atoms with Crippen molar-refractivity contribution in [1.82, 2.24) is 0 Å². The first-order chi connectivity index (χ1) is 6.36. The predicted molar refractivity (Wildman–Crippen MR) is 57.6 cm³/mol. The second-order valence-corrected chi connectivity index (χ2v) is 3.30. The van der Waals surface area contributed by atoms with E-state index in [0.717, 1.165) is 5.56 Å². The largest absolute Gasteiger partial charge is 0.115 e. The second kappa shape index (κ2) is 5.43. The van der Waals surface area contributed by atoms with Gasteiger partial charge in [0.15, 0.2) is 0 Å². The van der Waals surface area contributed by atoms with Gasteiger partial charge in [-0.1, -0.05) is 37.8 Å². The van der Waals surface area contributed by atoms with Crippen LogP contribution in [0.4, 0.5) is 0 Å². The molecule has 0 aromatic heterocycles. The van der Waals surface area contributed by atoms with Crippen molar-refractivity contribution in [3.63, 3.8) is 0 Å². The molecule has 0 heterocycles. The molecule has 68 valence electrons. The van der Waals surface area contributed by atoms with Crippen molar-refractivity contribution < 1.29 is 0 Å². The number of unbranched alkanes of at least 4 members (excludes halogenated alkanes) is 2. The zero-order valence-corrected chi connectivity index (χ0v) is 8.22. The SMILES string of the molecule is C#Cc1ccc(CCCCC)cc1. The average Bonchev–Trinajstić information content (AvgIpc) is 2.19. The van der Waals surface area contributed by atoms with E-state index in [1.54, 1.807) is 0 Å². The molecular formula is C13H16. The maximum absolute atomic E-state index is 5.27. The van der Waals surface area contributed by atoms with Crippen molar-refractivity contribution in [1.29, 1.82) is 0 Å². The minimum absolute atomic E-state index is 0.972. The highest BCUT2D eigenvalue weighted by Crippen LogP contribution is 2.07. The van der Waals surface area contributed by atoms with Crippen LogP contribution in [0, 0.1) is 12.3 Å². The standard InChI is InChI=1S/C13H16/c1-3-5-6-7-13-10-8-12(4-2)9-11-13/h2,8-11H,3,5-7H2,1H3. The lowest BCUT2D eigenvalue weighted by Crippen LogP contribution is -1.85. The van der Waals surface area contributed by atoms with Crippen molar-refractivity contribution in [2.45, 2.75) is 32.6 Å². The Kier molecular flexibility index (Phi) is 4.12. The first kappa shape index (κ1) is 9.86. The van der Waals surface area contributed by atoms with Gasteiger partial charge in [-0.3, -0.25) is 0 Å². The van der Waals surface area contributed by atoms with Crippen LogP contribution in [0.2, 0.25) is 0 Å². The molecule has 0 aliphatic carbocycles. The Morgan fingerprint density at radius 1 is 1.15 bits per heavy atom. The van der Waals surface area contributed by atoms with Crippen LogP contribution >= 0.6 is 0 Å². The summed E-state index contributed by atoms with van der Waals surface area (Å²) in [6.45, 7) is 2.22. The van der Waals surface area contributed by atoms with Crippen molar-refractivity contribution in [2.75, 3.05) is 0 Å². The Balaban J connectivity index is 2.46. The van der Waals surface area contributed by atoms with E-state index in [-0.39, 0.29) is 0 Å². The van der Waals surface area contributed by atoms with Crippen LogP contribution in [0.15, 0.2) is 24.3 Å². The highest BCUT2D eigenvalue weighted by molar-refractivity contribution is 5.34. The lowest BCUT2D eigenvalue weighted by atomic mass is 10.1. The van der Waals surface area contributed by atoms with Crippen molar-refractivity contribution in [3.8, 4) is 12.3 Å². The minimum Gasteiger partial charge on any atom is -0.115 e. The summed E-state index contributed by atoms with van der Waals surface area (Å²) in [5.41, 5.74) is 2.37. The van der Waals surface area contributed by atoms with E-state index >= 15 is 0 Å². The molecule has 0 radical (unpaired) electrons. The Bertz CT molecular complexity index is 274. The van der Waals surface area contributed by atoms with E-state index in [9.17, 15) is 0 Å². The third kappa shape index (κ3) is 3.34. The quantitative estimate of drug-likeness (QED) is 0.482. The molecule has 13 heavy (non-hydrogen) atoms. The molecule has 1 rings (SSSR count). The van der Waals surface area contributed by atoms with Crippen LogP contribution < -0.4 is 0 Å². The lowest BCUT2D eigenvalue weighted by molar-refractivity contribution is 0.717. The molecule has 0 unspecified atom stereocenters. The Labute approximate surface area is 81.0 Å². The fourth-order valence-corrected chi connectivity index (χ4v) is 1.35. The molecule has 0 bridgehead atoms.